The van der Waals surface area contributed by atoms with Gasteiger partial charge in [-0.15, -0.1) is 0 Å². The number of hydrogen-bond acceptors (Lipinski definition) is 8. The van der Waals surface area contributed by atoms with E-state index in [1.165, 1.54) is 6.20 Å². The molecule has 1 aliphatic heterocycles. The zero-order chi connectivity index (χ0) is 30.3. The summed E-state index contributed by atoms with van der Waals surface area (Å²) in [6.07, 6.45) is 3.95. The van der Waals surface area contributed by atoms with Gasteiger partial charge in [0.25, 0.3) is 18.3 Å². The number of halogens is 2. The van der Waals surface area contributed by atoms with Crippen LogP contribution >= 0.6 is 23.2 Å². The summed E-state index contributed by atoms with van der Waals surface area (Å²) < 4.78 is 0. The number of carbonyl (C=O) groups is 4. The number of benzene rings is 2. The van der Waals surface area contributed by atoms with Gasteiger partial charge in [0.2, 0.25) is 5.91 Å². The summed E-state index contributed by atoms with van der Waals surface area (Å²) >= 11 is 12.7. The molecule has 0 spiro atoms. The SMILES string of the molecule is O=C(CNC(=O)c1cncc(NC2=NCCCN2)c1)NCCNC(=O)c1c(Cl)cc(-c2ccccc2)cc1Cl.O=CO. The third kappa shape index (κ3) is 9.75. The number of rotatable bonds is 9. The molecule has 3 amide bonds. The van der Waals surface area contributed by atoms with E-state index in [2.05, 4.69) is 36.6 Å². The quantitative estimate of drug-likeness (QED) is 0.158. The first-order chi connectivity index (χ1) is 20.3. The van der Waals surface area contributed by atoms with Gasteiger partial charge in [-0.3, -0.25) is 29.2 Å². The molecule has 2 heterocycles. The molecule has 14 heteroatoms. The molecule has 4 rings (SSSR count). The lowest BCUT2D eigenvalue weighted by molar-refractivity contribution is -0.123. The highest BCUT2D eigenvalue weighted by Gasteiger charge is 2.17. The molecule has 0 bridgehead atoms. The van der Waals surface area contributed by atoms with Gasteiger partial charge in [-0.2, -0.15) is 0 Å². The molecule has 42 heavy (non-hydrogen) atoms. The molecule has 220 valence electrons. The normalized spacial score (nSPS) is 11.9. The van der Waals surface area contributed by atoms with E-state index < -0.39 is 17.7 Å². The fourth-order valence-corrected chi connectivity index (χ4v) is 4.42. The molecule has 0 radical (unpaired) electrons. The van der Waals surface area contributed by atoms with Crippen LogP contribution in [0.25, 0.3) is 11.1 Å². The monoisotopic (exact) mass is 613 g/mol. The number of anilines is 1. The van der Waals surface area contributed by atoms with Crippen LogP contribution in [0.1, 0.15) is 27.1 Å². The molecule has 0 saturated heterocycles. The lowest BCUT2D eigenvalue weighted by Gasteiger charge is -2.16. The standard InChI is InChI=1S/C27H27Cl2N7O3.CH2O2/c28-21-12-18(17-5-2-1-3-6-17)13-22(29)24(21)26(39)32-10-9-31-23(37)16-35-25(38)19-11-20(15-30-14-19)36-27-33-7-4-8-34-27;2-1-3/h1-3,5-6,11-15H,4,7-10,16H2,(H,31,37)(H,32,39)(H,35,38)(H2,33,34,36);1H,(H,2,3). The van der Waals surface area contributed by atoms with Crippen LogP contribution in [0.15, 0.2) is 65.9 Å². The smallest absolute Gasteiger partial charge is 0.290 e. The molecule has 2 aromatic carbocycles. The first-order valence-electron chi connectivity index (χ1n) is 12.8. The molecule has 3 aromatic rings. The fraction of sp³-hybridized carbons (Fsp3) is 0.214. The van der Waals surface area contributed by atoms with Crippen molar-refractivity contribution in [2.24, 2.45) is 4.99 Å². The molecule has 1 aromatic heterocycles. The Morgan fingerprint density at radius 3 is 2.29 bits per heavy atom. The molecular weight excluding hydrogens is 585 g/mol. The number of carboxylic acid groups (broad SMARTS) is 1. The molecule has 1 aliphatic rings. The minimum absolute atomic E-state index is 0.140. The van der Waals surface area contributed by atoms with Gasteiger partial charge in [0.05, 0.1) is 39.6 Å². The highest BCUT2D eigenvalue weighted by molar-refractivity contribution is 6.40. The summed E-state index contributed by atoms with van der Waals surface area (Å²) in [6.45, 7) is 1.35. The highest BCUT2D eigenvalue weighted by Crippen LogP contribution is 2.31. The Morgan fingerprint density at radius 2 is 1.62 bits per heavy atom. The van der Waals surface area contributed by atoms with E-state index in [1.54, 1.807) is 24.4 Å². The van der Waals surface area contributed by atoms with E-state index in [-0.39, 0.29) is 41.7 Å². The topological polar surface area (TPSA) is 174 Å². The first kappa shape index (κ1) is 31.8. The number of nitrogens with zero attached hydrogens (tertiary/aromatic N) is 2. The van der Waals surface area contributed by atoms with Crippen molar-refractivity contribution in [3.8, 4) is 11.1 Å². The van der Waals surface area contributed by atoms with Gasteiger partial charge >= 0.3 is 0 Å². The van der Waals surface area contributed by atoms with Crippen molar-refractivity contribution in [1.82, 2.24) is 26.3 Å². The number of carbonyl (C=O) groups excluding carboxylic acids is 3. The molecular formula is C28H29Cl2N7O5. The second-order valence-electron chi connectivity index (χ2n) is 8.67. The summed E-state index contributed by atoms with van der Waals surface area (Å²) in [5, 5.41) is 21.4. The predicted octanol–water partition coefficient (Wildman–Crippen LogP) is 2.79. The average molecular weight is 614 g/mol. The van der Waals surface area contributed by atoms with E-state index in [9.17, 15) is 14.4 Å². The number of guanidine groups is 1. The Bertz CT molecular complexity index is 1410. The molecule has 0 aliphatic carbocycles. The van der Waals surface area contributed by atoms with E-state index in [4.69, 9.17) is 33.1 Å². The molecule has 0 atom stereocenters. The number of amides is 3. The maximum atomic E-state index is 12.6. The highest BCUT2D eigenvalue weighted by atomic mass is 35.5. The van der Waals surface area contributed by atoms with Crippen molar-refractivity contribution in [2.75, 3.05) is 38.0 Å². The van der Waals surface area contributed by atoms with Gasteiger partial charge < -0.3 is 31.7 Å². The van der Waals surface area contributed by atoms with Gasteiger partial charge in [-0.25, -0.2) is 0 Å². The van der Waals surface area contributed by atoms with Gasteiger partial charge in [0.15, 0.2) is 5.96 Å². The Hall–Kier alpha value is -4.68. The third-order valence-corrected chi connectivity index (χ3v) is 6.28. The number of pyridine rings is 1. The van der Waals surface area contributed by atoms with Gasteiger partial charge in [0.1, 0.15) is 0 Å². The maximum absolute atomic E-state index is 12.6. The number of nitrogens with one attached hydrogen (secondary N) is 5. The Labute approximate surface area is 251 Å². The van der Waals surface area contributed by atoms with Crippen LogP contribution in [0.5, 0.6) is 0 Å². The Balaban J connectivity index is 0.00000155. The summed E-state index contributed by atoms with van der Waals surface area (Å²) in [4.78, 5) is 54.0. The van der Waals surface area contributed by atoms with Crippen LogP contribution < -0.4 is 26.6 Å². The minimum atomic E-state index is -0.456. The predicted molar refractivity (Wildman–Crippen MR) is 161 cm³/mol. The summed E-state index contributed by atoms with van der Waals surface area (Å²) in [6, 6.07) is 14.5. The van der Waals surface area contributed by atoms with E-state index in [0.29, 0.717) is 17.2 Å². The van der Waals surface area contributed by atoms with Gasteiger partial charge in [-0.05, 0) is 35.7 Å². The summed E-state index contributed by atoms with van der Waals surface area (Å²) in [7, 11) is 0. The number of aromatic nitrogens is 1. The molecule has 6 N–H and O–H groups in total. The second kappa shape index (κ2) is 16.6. The van der Waals surface area contributed by atoms with Crippen molar-refractivity contribution < 1.29 is 24.3 Å². The molecule has 12 nitrogen and oxygen atoms in total. The van der Waals surface area contributed by atoms with Crippen molar-refractivity contribution in [1.29, 1.82) is 0 Å². The van der Waals surface area contributed by atoms with E-state index in [0.717, 1.165) is 30.6 Å². The first-order valence-corrected chi connectivity index (χ1v) is 13.5. The lowest BCUT2D eigenvalue weighted by atomic mass is 10.0. The maximum Gasteiger partial charge on any atom is 0.290 e. The number of hydrogen-bond donors (Lipinski definition) is 6. The minimum Gasteiger partial charge on any atom is -0.483 e. The van der Waals surface area contributed by atoms with E-state index in [1.807, 2.05) is 30.3 Å². The van der Waals surface area contributed by atoms with Crippen molar-refractivity contribution in [2.45, 2.75) is 6.42 Å². The molecule has 0 fully saturated rings. The zero-order valence-electron chi connectivity index (χ0n) is 22.3. The van der Waals surface area contributed by atoms with Crippen LogP contribution in [0, 0.1) is 0 Å². The number of aliphatic imine (C=N–C) groups is 1. The molecule has 0 saturated carbocycles. The zero-order valence-corrected chi connectivity index (χ0v) is 23.8. The van der Waals surface area contributed by atoms with Crippen LogP contribution in [-0.2, 0) is 9.59 Å². The van der Waals surface area contributed by atoms with Gasteiger partial charge in [0, 0.05) is 32.4 Å². The second-order valence-corrected chi connectivity index (χ2v) is 9.49. The fourth-order valence-electron chi connectivity index (χ4n) is 3.76. The van der Waals surface area contributed by atoms with Crippen LogP contribution in [-0.4, -0.2) is 73.0 Å². The summed E-state index contributed by atoms with van der Waals surface area (Å²) in [5.41, 5.74) is 2.78. The average Bonchev–Trinajstić information content (AvgIpc) is 2.99. The van der Waals surface area contributed by atoms with Crippen molar-refractivity contribution >= 4 is 59.0 Å². The lowest BCUT2D eigenvalue weighted by Crippen LogP contribution is -2.40. The Kier molecular flexibility index (Phi) is 12.5. The Morgan fingerprint density at radius 1 is 0.929 bits per heavy atom. The van der Waals surface area contributed by atoms with Crippen LogP contribution in [0.4, 0.5) is 5.69 Å². The molecule has 0 unspecified atom stereocenters. The van der Waals surface area contributed by atoms with Gasteiger partial charge in [-0.1, -0.05) is 53.5 Å². The van der Waals surface area contributed by atoms with E-state index >= 15 is 0 Å². The largest absolute Gasteiger partial charge is 0.483 e. The van der Waals surface area contributed by atoms with Crippen LogP contribution in [0.3, 0.4) is 0 Å². The summed E-state index contributed by atoms with van der Waals surface area (Å²) in [5.74, 6) is -0.691. The van der Waals surface area contributed by atoms with Crippen LogP contribution in [0.2, 0.25) is 10.0 Å². The third-order valence-electron chi connectivity index (χ3n) is 5.68. The van der Waals surface area contributed by atoms with Crippen molar-refractivity contribution in [3.63, 3.8) is 0 Å². The van der Waals surface area contributed by atoms with Crippen molar-refractivity contribution in [3.05, 3.63) is 82.1 Å².